The van der Waals surface area contributed by atoms with Gasteiger partial charge >= 0.3 is 0 Å². The molecule has 21 heavy (non-hydrogen) atoms. The van der Waals surface area contributed by atoms with Gasteiger partial charge < -0.3 is 9.15 Å². The van der Waals surface area contributed by atoms with Crippen molar-refractivity contribution in [2.45, 2.75) is 33.4 Å². The van der Waals surface area contributed by atoms with Crippen molar-refractivity contribution >= 4 is 0 Å². The fourth-order valence-corrected chi connectivity index (χ4v) is 2.44. The molecular formula is C14H19N5O2. The van der Waals surface area contributed by atoms with Crippen molar-refractivity contribution in [1.82, 2.24) is 25.3 Å². The molecule has 0 aliphatic carbocycles. The highest BCUT2D eigenvalue weighted by Gasteiger charge is 2.26. The van der Waals surface area contributed by atoms with Crippen molar-refractivity contribution in [1.29, 1.82) is 0 Å². The lowest BCUT2D eigenvalue weighted by molar-refractivity contribution is -0.0458. The molecule has 7 nitrogen and oxygen atoms in total. The molecule has 3 rings (SSSR count). The van der Waals surface area contributed by atoms with Crippen molar-refractivity contribution in [3.63, 3.8) is 0 Å². The maximum atomic E-state index is 5.73. The zero-order valence-corrected chi connectivity index (χ0v) is 12.5. The monoisotopic (exact) mass is 289 g/mol. The molecule has 1 aliphatic rings. The van der Waals surface area contributed by atoms with Crippen LogP contribution in [0, 0.1) is 20.8 Å². The molecule has 1 aliphatic heterocycles. The van der Waals surface area contributed by atoms with E-state index in [2.05, 4.69) is 31.4 Å². The van der Waals surface area contributed by atoms with Crippen LogP contribution in [0.4, 0.5) is 0 Å². The molecule has 3 heterocycles. The molecule has 0 aromatic carbocycles. The van der Waals surface area contributed by atoms with Gasteiger partial charge in [-0.05, 0) is 25.5 Å². The molecule has 1 atom stereocenters. The summed E-state index contributed by atoms with van der Waals surface area (Å²) in [5, 5.41) is 16.2. The maximum absolute atomic E-state index is 5.73. The second-order valence-corrected chi connectivity index (χ2v) is 5.35. The van der Waals surface area contributed by atoms with Gasteiger partial charge in [0.05, 0.1) is 18.0 Å². The summed E-state index contributed by atoms with van der Waals surface area (Å²) in [6, 6.07) is 2.09. The van der Waals surface area contributed by atoms with Crippen LogP contribution >= 0.6 is 0 Å². The van der Waals surface area contributed by atoms with Crippen molar-refractivity contribution in [3.05, 3.63) is 34.8 Å². The number of nitrogens with zero attached hydrogens (tertiary/aromatic N) is 5. The number of hydrogen-bond acceptors (Lipinski definition) is 7. The van der Waals surface area contributed by atoms with E-state index in [1.54, 1.807) is 6.92 Å². The molecule has 7 heteroatoms. The SMILES string of the molecule is Cc1cc(CN2CCOC(c3nnc(C)o3)C2)c(C)nn1. The summed E-state index contributed by atoms with van der Waals surface area (Å²) in [4.78, 5) is 2.32. The summed E-state index contributed by atoms with van der Waals surface area (Å²) in [6.45, 7) is 8.83. The summed E-state index contributed by atoms with van der Waals surface area (Å²) in [5.74, 6) is 1.12. The Morgan fingerprint density at radius 1 is 1.19 bits per heavy atom. The molecule has 0 radical (unpaired) electrons. The summed E-state index contributed by atoms with van der Waals surface area (Å²) in [7, 11) is 0. The molecule has 2 aromatic heterocycles. The first kappa shape index (κ1) is 14.1. The van der Waals surface area contributed by atoms with Crippen LogP contribution in [0.15, 0.2) is 10.5 Å². The average molecular weight is 289 g/mol. The van der Waals surface area contributed by atoms with E-state index < -0.39 is 0 Å². The van der Waals surface area contributed by atoms with Gasteiger partial charge in [-0.15, -0.1) is 10.2 Å². The van der Waals surface area contributed by atoms with Crippen molar-refractivity contribution in [2.75, 3.05) is 19.7 Å². The Bertz CT molecular complexity index is 628. The minimum Gasteiger partial charge on any atom is -0.423 e. The van der Waals surface area contributed by atoms with Crippen LogP contribution < -0.4 is 0 Å². The standard InChI is InChI=1S/C14H19N5O2/c1-9-6-12(10(2)16-15-9)7-19-4-5-20-13(8-19)14-18-17-11(3)21-14/h6,13H,4-5,7-8H2,1-3H3. The van der Waals surface area contributed by atoms with Gasteiger partial charge in [0.15, 0.2) is 0 Å². The topological polar surface area (TPSA) is 77.2 Å². The molecule has 0 bridgehead atoms. The first-order chi connectivity index (χ1) is 10.1. The van der Waals surface area contributed by atoms with E-state index in [0.29, 0.717) is 18.4 Å². The Balaban J connectivity index is 1.70. The largest absolute Gasteiger partial charge is 0.423 e. The molecule has 0 amide bonds. The van der Waals surface area contributed by atoms with Gasteiger partial charge in [-0.25, -0.2) is 0 Å². The van der Waals surface area contributed by atoms with E-state index in [-0.39, 0.29) is 6.10 Å². The molecule has 1 unspecified atom stereocenters. The van der Waals surface area contributed by atoms with Gasteiger partial charge in [-0.3, -0.25) is 4.90 Å². The van der Waals surface area contributed by atoms with E-state index >= 15 is 0 Å². The summed E-state index contributed by atoms with van der Waals surface area (Å²) in [5.41, 5.74) is 3.11. The molecule has 0 saturated carbocycles. The number of ether oxygens (including phenoxy) is 1. The first-order valence-corrected chi connectivity index (χ1v) is 7.05. The lowest BCUT2D eigenvalue weighted by atomic mass is 10.1. The highest BCUT2D eigenvalue weighted by Crippen LogP contribution is 2.22. The third-order valence-corrected chi connectivity index (χ3v) is 3.57. The van der Waals surface area contributed by atoms with Gasteiger partial charge in [-0.1, -0.05) is 0 Å². The molecule has 0 spiro atoms. The fraction of sp³-hybridized carbons (Fsp3) is 0.571. The van der Waals surface area contributed by atoms with E-state index in [0.717, 1.165) is 31.0 Å². The predicted molar refractivity (Wildman–Crippen MR) is 74.5 cm³/mol. The summed E-state index contributed by atoms with van der Waals surface area (Å²) >= 11 is 0. The molecule has 1 saturated heterocycles. The Hall–Kier alpha value is -1.86. The van der Waals surface area contributed by atoms with Crippen LogP contribution in [0.5, 0.6) is 0 Å². The Morgan fingerprint density at radius 3 is 2.81 bits per heavy atom. The second-order valence-electron chi connectivity index (χ2n) is 5.35. The van der Waals surface area contributed by atoms with Crippen LogP contribution in [0.3, 0.4) is 0 Å². The molecular weight excluding hydrogens is 270 g/mol. The van der Waals surface area contributed by atoms with Gasteiger partial charge in [0.25, 0.3) is 0 Å². The van der Waals surface area contributed by atoms with Crippen molar-refractivity contribution in [2.24, 2.45) is 0 Å². The van der Waals surface area contributed by atoms with Crippen molar-refractivity contribution < 1.29 is 9.15 Å². The lowest BCUT2D eigenvalue weighted by Gasteiger charge is -2.31. The Labute approximate surface area is 123 Å². The zero-order valence-electron chi connectivity index (χ0n) is 12.5. The van der Waals surface area contributed by atoms with Crippen LogP contribution in [-0.2, 0) is 11.3 Å². The Kier molecular flexibility index (Phi) is 3.94. The third-order valence-electron chi connectivity index (χ3n) is 3.57. The number of aromatic nitrogens is 4. The van der Waals surface area contributed by atoms with Gasteiger partial charge in [0.2, 0.25) is 11.8 Å². The minimum atomic E-state index is -0.156. The number of morpholine rings is 1. The van der Waals surface area contributed by atoms with E-state index in [4.69, 9.17) is 9.15 Å². The van der Waals surface area contributed by atoms with E-state index in [1.807, 2.05) is 13.8 Å². The summed E-state index contributed by atoms with van der Waals surface area (Å²) in [6.07, 6.45) is -0.156. The number of aryl methyl sites for hydroxylation is 3. The summed E-state index contributed by atoms with van der Waals surface area (Å²) < 4.78 is 11.2. The molecule has 1 fully saturated rings. The quantitative estimate of drug-likeness (QED) is 0.844. The molecule has 112 valence electrons. The van der Waals surface area contributed by atoms with Crippen LogP contribution in [0.2, 0.25) is 0 Å². The Morgan fingerprint density at radius 2 is 2.05 bits per heavy atom. The van der Waals surface area contributed by atoms with Gasteiger partial charge in [0.1, 0.15) is 6.10 Å². The first-order valence-electron chi connectivity index (χ1n) is 7.05. The number of hydrogen-bond donors (Lipinski definition) is 0. The van der Waals surface area contributed by atoms with Gasteiger partial charge in [-0.2, -0.15) is 10.2 Å². The van der Waals surface area contributed by atoms with E-state index in [1.165, 1.54) is 5.56 Å². The van der Waals surface area contributed by atoms with E-state index in [9.17, 15) is 0 Å². The highest BCUT2D eigenvalue weighted by molar-refractivity contribution is 5.19. The zero-order chi connectivity index (χ0) is 14.8. The molecule has 2 aromatic rings. The van der Waals surface area contributed by atoms with Gasteiger partial charge in [0, 0.05) is 26.6 Å². The van der Waals surface area contributed by atoms with Crippen molar-refractivity contribution in [3.8, 4) is 0 Å². The predicted octanol–water partition coefficient (Wildman–Crippen LogP) is 1.36. The van der Waals surface area contributed by atoms with Crippen LogP contribution in [-0.4, -0.2) is 45.0 Å². The maximum Gasteiger partial charge on any atom is 0.246 e. The smallest absolute Gasteiger partial charge is 0.246 e. The number of rotatable bonds is 3. The lowest BCUT2D eigenvalue weighted by Crippen LogP contribution is -2.38. The van der Waals surface area contributed by atoms with Crippen LogP contribution in [0.25, 0.3) is 0 Å². The highest BCUT2D eigenvalue weighted by atomic mass is 16.5. The fourth-order valence-electron chi connectivity index (χ4n) is 2.44. The third kappa shape index (κ3) is 3.25. The van der Waals surface area contributed by atoms with Crippen LogP contribution in [0.1, 0.15) is 34.8 Å². The molecule has 0 N–H and O–H groups in total. The normalized spacial score (nSPS) is 19.9. The average Bonchev–Trinajstić information content (AvgIpc) is 2.90. The second kappa shape index (κ2) is 5.87. The minimum absolute atomic E-state index is 0.156.